The van der Waals surface area contributed by atoms with Crippen molar-refractivity contribution in [3.63, 3.8) is 0 Å². The van der Waals surface area contributed by atoms with Crippen LogP contribution in [-0.2, 0) is 18.4 Å². The van der Waals surface area contributed by atoms with Crippen molar-refractivity contribution in [3.8, 4) is 0 Å². The third-order valence-electron chi connectivity index (χ3n) is 6.05. The lowest BCUT2D eigenvalue weighted by molar-refractivity contribution is -0.138. The van der Waals surface area contributed by atoms with Gasteiger partial charge in [0.25, 0.3) is 5.91 Å². The van der Waals surface area contributed by atoms with Gasteiger partial charge in [-0.1, -0.05) is 41.5 Å². The van der Waals surface area contributed by atoms with Gasteiger partial charge in [0.15, 0.2) is 0 Å². The van der Waals surface area contributed by atoms with E-state index in [2.05, 4.69) is 46.5 Å². The van der Waals surface area contributed by atoms with Gasteiger partial charge in [0.1, 0.15) is 11.6 Å². The highest BCUT2D eigenvalue weighted by atomic mass is 16.3. The fourth-order valence-corrected chi connectivity index (χ4v) is 4.46. The number of carbonyl (C=O) groups excluding carboxylic acids is 2. The summed E-state index contributed by atoms with van der Waals surface area (Å²) in [6.45, 7) is 14.3. The molecular formula is C28H40N4O3. The van der Waals surface area contributed by atoms with E-state index in [-0.39, 0.29) is 17.7 Å². The van der Waals surface area contributed by atoms with E-state index >= 15 is 0 Å². The highest BCUT2D eigenvalue weighted by molar-refractivity contribution is 6.00. The maximum atomic E-state index is 14.1. The number of rotatable bonds is 11. The summed E-state index contributed by atoms with van der Waals surface area (Å²) in [4.78, 5) is 36.1. The quantitative estimate of drug-likeness (QED) is 0.370. The van der Waals surface area contributed by atoms with Gasteiger partial charge in [-0.2, -0.15) is 0 Å². The number of imidazole rings is 1. The maximum Gasteiger partial charge on any atom is 0.254 e. The van der Waals surface area contributed by atoms with E-state index < -0.39 is 6.04 Å². The van der Waals surface area contributed by atoms with Gasteiger partial charge in [0, 0.05) is 37.3 Å². The molecule has 0 N–H and O–H groups in total. The molecule has 0 aliphatic rings. The topological polar surface area (TPSA) is 71.6 Å². The molecule has 0 fully saturated rings. The molecule has 35 heavy (non-hydrogen) atoms. The fourth-order valence-electron chi connectivity index (χ4n) is 4.46. The smallest absolute Gasteiger partial charge is 0.254 e. The van der Waals surface area contributed by atoms with Crippen LogP contribution in [0.1, 0.15) is 64.0 Å². The van der Waals surface area contributed by atoms with E-state index in [1.54, 1.807) is 29.8 Å². The molecule has 190 valence electrons. The number of benzene rings is 1. The van der Waals surface area contributed by atoms with Crippen molar-refractivity contribution >= 4 is 22.8 Å². The van der Waals surface area contributed by atoms with Gasteiger partial charge < -0.3 is 18.8 Å². The molecule has 1 aromatic carbocycles. The zero-order chi connectivity index (χ0) is 25.7. The molecule has 0 aliphatic heterocycles. The molecular weight excluding hydrogens is 440 g/mol. The molecule has 0 radical (unpaired) electrons. The number of aromatic nitrogens is 2. The number of nitrogens with zero attached hydrogens (tertiary/aromatic N) is 4. The van der Waals surface area contributed by atoms with E-state index in [0.717, 1.165) is 16.7 Å². The van der Waals surface area contributed by atoms with Crippen LogP contribution >= 0.6 is 0 Å². The predicted molar refractivity (Wildman–Crippen MR) is 139 cm³/mol. The lowest BCUT2D eigenvalue weighted by Crippen LogP contribution is -2.52. The Labute approximate surface area is 209 Å². The van der Waals surface area contributed by atoms with Crippen LogP contribution in [0.4, 0.5) is 0 Å². The Balaban J connectivity index is 2.05. The Morgan fingerprint density at radius 3 is 2.26 bits per heavy atom. The highest BCUT2D eigenvalue weighted by Gasteiger charge is 2.35. The summed E-state index contributed by atoms with van der Waals surface area (Å²) in [6.07, 6.45) is 5.69. The first kappa shape index (κ1) is 26.5. The van der Waals surface area contributed by atoms with Crippen LogP contribution in [-0.4, -0.2) is 50.3 Å². The minimum atomic E-state index is -0.574. The first-order valence-corrected chi connectivity index (χ1v) is 12.6. The van der Waals surface area contributed by atoms with Crippen LogP contribution in [0.3, 0.4) is 0 Å². The van der Waals surface area contributed by atoms with E-state index in [0.29, 0.717) is 43.5 Å². The lowest BCUT2D eigenvalue weighted by atomic mass is 9.98. The normalized spacial score (nSPS) is 12.6. The van der Waals surface area contributed by atoms with Gasteiger partial charge in [-0.15, -0.1) is 0 Å². The molecule has 0 unspecified atom stereocenters. The molecule has 2 heterocycles. The number of furan rings is 1. The second kappa shape index (κ2) is 11.6. The summed E-state index contributed by atoms with van der Waals surface area (Å²) in [7, 11) is 1.91. The Bertz CT molecular complexity index is 1120. The summed E-state index contributed by atoms with van der Waals surface area (Å²) < 4.78 is 7.36. The third-order valence-corrected chi connectivity index (χ3v) is 6.05. The lowest BCUT2D eigenvalue weighted by Gasteiger charge is -2.37. The summed E-state index contributed by atoms with van der Waals surface area (Å²) >= 11 is 0. The van der Waals surface area contributed by atoms with Crippen molar-refractivity contribution < 1.29 is 14.0 Å². The molecule has 0 saturated heterocycles. The first-order valence-electron chi connectivity index (χ1n) is 12.6. The third kappa shape index (κ3) is 6.74. The Morgan fingerprint density at radius 1 is 1.00 bits per heavy atom. The summed E-state index contributed by atoms with van der Waals surface area (Å²) in [5.41, 5.74) is 2.15. The van der Waals surface area contributed by atoms with Gasteiger partial charge >= 0.3 is 0 Å². The Hall–Kier alpha value is -3.09. The van der Waals surface area contributed by atoms with Gasteiger partial charge in [0.2, 0.25) is 5.91 Å². The highest BCUT2D eigenvalue weighted by Crippen LogP contribution is 2.24. The van der Waals surface area contributed by atoms with Crippen LogP contribution in [0.15, 0.2) is 47.5 Å². The van der Waals surface area contributed by atoms with Crippen molar-refractivity contribution in [1.29, 1.82) is 0 Å². The van der Waals surface area contributed by atoms with Crippen LogP contribution in [0, 0.1) is 17.8 Å². The van der Waals surface area contributed by atoms with Crippen LogP contribution in [0.25, 0.3) is 11.0 Å². The van der Waals surface area contributed by atoms with Crippen molar-refractivity contribution in [2.75, 3.05) is 13.1 Å². The Kier molecular flexibility index (Phi) is 8.76. The minimum absolute atomic E-state index is 0.0148. The second-order valence-corrected chi connectivity index (χ2v) is 10.8. The van der Waals surface area contributed by atoms with Crippen LogP contribution < -0.4 is 0 Å². The molecule has 2 aromatic heterocycles. The van der Waals surface area contributed by atoms with Crippen LogP contribution in [0.5, 0.6) is 0 Å². The van der Waals surface area contributed by atoms with Crippen molar-refractivity contribution in [2.24, 2.45) is 24.8 Å². The number of aryl methyl sites for hydroxylation is 1. The molecule has 3 aromatic rings. The van der Waals surface area contributed by atoms with E-state index in [1.165, 1.54) is 0 Å². The van der Waals surface area contributed by atoms with Crippen molar-refractivity contribution in [1.82, 2.24) is 19.4 Å². The zero-order valence-corrected chi connectivity index (χ0v) is 22.2. The number of fused-ring (bicyclic) bond motifs is 1. The Morgan fingerprint density at radius 2 is 1.69 bits per heavy atom. The standard InChI is InChI=1S/C28H40N4O3/c1-19(2)12-25(28(34)31(15-20(3)4)16-21(5)6)32(17-24-14-29-18-30(24)7)27(33)23-8-9-26-22(13-23)10-11-35-26/h8-11,13-14,18-21,25H,12,15-17H2,1-7H3/t25-/m0/s1. The largest absolute Gasteiger partial charge is 0.464 e. The molecule has 3 rings (SSSR count). The summed E-state index contributed by atoms with van der Waals surface area (Å²) in [5, 5.41) is 0.865. The van der Waals surface area contributed by atoms with Gasteiger partial charge in [-0.25, -0.2) is 4.98 Å². The number of amides is 2. The molecule has 0 bridgehead atoms. The average Bonchev–Trinajstić information content (AvgIpc) is 3.41. The van der Waals surface area contributed by atoms with E-state index in [4.69, 9.17) is 4.42 Å². The molecule has 7 heteroatoms. The maximum absolute atomic E-state index is 14.1. The molecule has 2 amide bonds. The molecule has 0 saturated carbocycles. The van der Waals surface area contributed by atoms with E-state index in [9.17, 15) is 9.59 Å². The van der Waals surface area contributed by atoms with Gasteiger partial charge in [-0.3, -0.25) is 9.59 Å². The average molecular weight is 481 g/mol. The molecule has 0 spiro atoms. The van der Waals surface area contributed by atoms with Crippen LogP contribution in [0.2, 0.25) is 0 Å². The molecule has 1 atom stereocenters. The second-order valence-electron chi connectivity index (χ2n) is 10.8. The number of carbonyl (C=O) groups is 2. The summed E-state index contributed by atoms with van der Waals surface area (Å²) in [6, 6.07) is 6.71. The van der Waals surface area contributed by atoms with Gasteiger partial charge in [-0.05, 0) is 48.4 Å². The number of hydrogen-bond acceptors (Lipinski definition) is 4. The minimum Gasteiger partial charge on any atom is -0.464 e. The van der Waals surface area contributed by atoms with E-state index in [1.807, 2.05) is 34.7 Å². The van der Waals surface area contributed by atoms with Gasteiger partial charge in [0.05, 0.1) is 24.8 Å². The molecule has 0 aliphatic carbocycles. The summed E-state index contributed by atoms with van der Waals surface area (Å²) in [5.74, 6) is 0.759. The monoisotopic (exact) mass is 480 g/mol. The SMILES string of the molecule is CC(C)C[C@@H](C(=O)N(CC(C)C)CC(C)C)N(Cc1cncn1C)C(=O)c1ccc2occc2c1. The predicted octanol–water partition coefficient (Wildman–Crippen LogP) is 5.36. The first-order chi connectivity index (χ1) is 16.6. The van der Waals surface area contributed by atoms with Crippen molar-refractivity contribution in [2.45, 2.75) is 60.5 Å². The number of hydrogen-bond donors (Lipinski definition) is 0. The zero-order valence-electron chi connectivity index (χ0n) is 22.2. The van der Waals surface area contributed by atoms with Crippen molar-refractivity contribution in [3.05, 3.63) is 54.3 Å². The molecule has 7 nitrogen and oxygen atoms in total. The fraction of sp³-hybridized carbons (Fsp3) is 0.536.